The van der Waals surface area contributed by atoms with Crippen LogP contribution in [0.1, 0.15) is 64.7 Å². The molecule has 5 nitrogen and oxygen atoms in total. The van der Waals surface area contributed by atoms with Crippen molar-refractivity contribution in [3.8, 4) is 0 Å². The van der Waals surface area contributed by atoms with Gasteiger partial charge in [-0.3, -0.25) is 4.79 Å². The molecule has 0 bridgehead atoms. The molecule has 23 heavy (non-hydrogen) atoms. The highest BCUT2D eigenvalue weighted by atomic mass is 16.2. The summed E-state index contributed by atoms with van der Waals surface area (Å²) in [6, 6.07) is 0.518. The lowest BCUT2D eigenvalue weighted by molar-refractivity contribution is -0.121. The number of likely N-dealkylation sites (tertiary alicyclic amines) is 1. The summed E-state index contributed by atoms with van der Waals surface area (Å²) >= 11 is 0. The van der Waals surface area contributed by atoms with E-state index in [0.717, 1.165) is 32.4 Å². The molecule has 0 aromatic rings. The molecule has 3 amide bonds. The molecule has 0 aromatic carbocycles. The molecule has 1 heterocycles. The summed E-state index contributed by atoms with van der Waals surface area (Å²) in [6.07, 6.45) is 10.1. The molecule has 5 heteroatoms. The van der Waals surface area contributed by atoms with Crippen LogP contribution in [-0.2, 0) is 4.79 Å². The van der Waals surface area contributed by atoms with Crippen LogP contribution in [0.15, 0.2) is 0 Å². The minimum atomic E-state index is 0.0716. The van der Waals surface area contributed by atoms with Crippen molar-refractivity contribution in [1.29, 1.82) is 0 Å². The summed E-state index contributed by atoms with van der Waals surface area (Å²) in [7, 11) is 0. The van der Waals surface area contributed by atoms with Crippen LogP contribution in [-0.4, -0.2) is 42.5 Å². The van der Waals surface area contributed by atoms with Crippen LogP contribution < -0.4 is 10.6 Å². The molecular weight excluding hydrogens is 290 g/mol. The minimum absolute atomic E-state index is 0.0716. The summed E-state index contributed by atoms with van der Waals surface area (Å²) in [5.74, 6) is 0.685. The molecule has 1 aliphatic heterocycles. The third-order valence-corrected chi connectivity index (χ3v) is 5.94. The molecule has 1 saturated heterocycles. The maximum Gasteiger partial charge on any atom is 0.317 e. The second-order valence-corrected chi connectivity index (χ2v) is 7.72. The van der Waals surface area contributed by atoms with Crippen LogP contribution in [0.3, 0.4) is 0 Å². The molecule has 3 rings (SSSR count). The molecular formula is C18H31N3O2. The van der Waals surface area contributed by atoms with Gasteiger partial charge in [0, 0.05) is 32.1 Å². The van der Waals surface area contributed by atoms with E-state index in [2.05, 4.69) is 10.6 Å². The van der Waals surface area contributed by atoms with Gasteiger partial charge in [-0.15, -0.1) is 0 Å². The zero-order chi connectivity index (χ0) is 16.3. The van der Waals surface area contributed by atoms with Crippen molar-refractivity contribution in [2.24, 2.45) is 11.3 Å². The number of amides is 3. The van der Waals surface area contributed by atoms with Crippen molar-refractivity contribution in [1.82, 2.24) is 15.5 Å². The van der Waals surface area contributed by atoms with Crippen LogP contribution in [0.5, 0.6) is 0 Å². The van der Waals surface area contributed by atoms with Gasteiger partial charge in [-0.25, -0.2) is 4.79 Å². The van der Waals surface area contributed by atoms with Crippen molar-refractivity contribution in [2.75, 3.05) is 19.6 Å². The first-order valence-corrected chi connectivity index (χ1v) is 9.45. The van der Waals surface area contributed by atoms with E-state index in [1.807, 2.05) is 11.8 Å². The Hall–Kier alpha value is -1.26. The average Bonchev–Trinajstić information content (AvgIpc) is 3.28. The van der Waals surface area contributed by atoms with E-state index in [0.29, 0.717) is 24.9 Å². The maximum absolute atomic E-state index is 12.2. The zero-order valence-electron chi connectivity index (χ0n) is 14.4. The summed E-state index contributed by atoms with van der Waals surface area (Å²) in [5, 5.41) is 6.03. The molecule has 2 saturated carbocycles. The van der Waals surface area contributed by atoms with Gasteiger partial charge in [0.1, 0.15) is 0 Å². The highest BCUT2D eigenvalue weighted by Gasteiger charge is 2.47. The van der Waals surface area contributed by atoms with E-state index in [1.54, 1.807) is 0 Å². The monoisotopic (exact) mass is 321 g/mol. The Bertz CT molecular complexity index is 442. The van der Waals surface area contributed by atoms with Gasteiger partial charge in [-0.1, -0.05) is 19.3 Å². The highest BCUT2D eigenvalue weighted by Crippen LogP contribution is 2.49. The van der Waals surface area contributed by atoms with E-state index in [1.165, 1.54) is 32.1 Å². The minimum Gasteiger partial charge on any atom is -0.353 e. The van der Waals surface area contributed by atoms with Gasteiger partial charge in [0.05, 0.1) is 0 Å². The van der Waals surface area contributed by atoms with E-state index in [-0.39, 0.29) is 17.4 Å². The average molecular weight is 321 g/mol. The van der Waals surface area contributed by atoms with Gasteiger partial charge in [0.2, 0.25) is 5.91 Å². The number of nitrogens with zero attached hydrogens (tertiary/aromatic N) is 1. The van der Waals surface area contributed by atoms with Crippen molar-refractivity contribution in [3.05, 3.63) is 0 Å². The second kappa shape index (κ2) is 7.10. The maximum atomic E-state index is 12.2. The lowest BCUT2D eigenvalue weighted by atomic mass is 9.66. The molecule has 1 atom stereocenters. The van der Waals surface area contributed by atoms with Crippen molar-refractivity contribution < 1.29 is 9.59 Å². The van der Waals surface area contributed by atoms with Gasteiger partial charge in [0.15, 0.2) is 0 Å². The molecule has 3 fully saturated rings. The Morgan fingerprint density at radius 1 is 1.17 bits per heavy atom. The summed E-state index contributed by atoms with van der Waals surface area (Å²) in [4.78, 5) is 26.3. The molecule has 0 aromatic heterocycles. The molecule has 130 valence electrons. The Balaban J connectivity index is 1.59. The number of hydrogen-bond acceptors (Lipinski definition) is 2. The fraction of sp³-hybridized carbons (Fsp3) is 0.889. The van der Waals surface area contributed by atoms with Gasteiger partial charge < -0.3 is 15.5 Å². The standard InChI is InChI=1S/C18H31N3O2/c1-2-19-17(23)21-12-14(6-9-16(22)20-15-7-8-15)18(13-21)10-4-3-5-11-18/h14-15H,2-13H2,1H3,(H,19,23)(H,20,22). The van der Waals surface area contributed by atoms with Gasteiger partial charge >= 0.3 is 6.03 Å². The van der Waals surface area contributed by atoms with Crippen molar-refractivity contribution in [2.45, 2.75) is 70.8 Å². The predicted molar refractivity (Wildman–Crippen MR) is 90.1 cm³/mol. The Kier molecular flexibility index (Phi) is 5.12. The third-order valence-electron chi connectivity index (χ3n) is 5.94. The third kappa shape index (κ3) is 3.99. The number of carbonyl (C=O) groups excluding carboxylic acids is 2. The molecule has 1 spiro atoms. The van der Waals surface area contributed by atoms with Crippen LogP contribution in [0.2, 0.25) is 0 Å². The smallest absolute Gasteiger partial charge is 0.317 e. The normalized spacial score (nSPS) is 26.3. The summed E-state index contributed by atoms with van der Waals surface area (Å²) in [5.41, 5.74) is 0.267. The lowest BCUT2D eigenvalue weighted by Gasteiger charge is -2.38. The lowest BCUT2D eigenvalue weighted by Crippen LogP contribution is -2.40. The van der Waals surface area contributed by atoms with Gasteiger partial charge in [-0.05, 0) is 50.4 Å². The quantitative estimate of drug-likeness (QED) is 0.818. The molecule has 1 unspecified atom stereocenters. The van der Waals surface area contributed by atoms with E-state index in [4.69, 9.17) is 0 Å². The Morgan fingerprint density at radius 3 is 2.57 bits per heavy atom. The SMILES string of the molecule is CCNC(=O)N1CC(CCC(=O)NC2CC2)C2(CCCCC2)C1. The molecule has 0 radical (unpaired) electrons. The Labute approximate surface area is 139 Å². The van der Waals surface area contributed by atoms with E-state index in [9.17, 15) is 9.59 Å². The topological polar surface area (TPSA) is 61.4 Å². The number of nitrogens with one attached hydrogen (secondary N) is 2. The molecule has 2 N–H and O–H groups in total. The largest absolute Gasteiger partial charge is 0.353 e. The fourth-order valence-electron chi connectivity index (χ4n) is 4.50. The highest BCUT2D eigenvalue weighted by molar-refractivity contribution is 5.76. The van der Waals surface area contributed by atoms with Crippen LogP contribution in [0.25, 0.3) is 0 Å². The molecule has 2 aliphatic carbocycles. The summed E-state index contributed by atoms with van der Waals surface area (Å²) < 4.78 is 0. The number of hydrogen-bond donors (Lipinski definition) is 2. The number of carbonyl (C=O) groups is 2. The van der Waals surface area contributed by atoms with Crippen LogP contribution in [0, 0.1) is 11.3 Å². The van der Waals surface area contributed by atoms with Crippen molar-refractivity contribution >= 4 is 11.9 Å². The van der Waals surface area contributed by atoms with Crippen LogP contribution in [0.4, 0.5) is 4.79 Å². The van der Waals surface area contributed by atoms with Crippen LogP contribution >= 0.6 is 0 Å². The first-order chi connectivity index (χ1) is 11.1. The first kappa shape index (κ1) is 16.6. The predicted octanol–water partition coefficient (Wildman–Crippen LogP) is 2.66. The van der Waals surface area contributed by atoms with E-state index >= 15 is 0 Å². The first-order valence-electron chi connectivity index (χ1n) is 9.45. The van der Waals surface area contributed by atoms with Gasteiger partial charge in [-0.2, -0.15) is 0 Å². The fourth-order valence-corrected chi connectivity index (χ4v) is 4.50. The number of urea groups is 1. The second-order valence-electron chi connectivity index (χ2n) is 7.72. The zero-order valence-corrected chi connectivity index (χ0v) is 14.4. The Morgan fingerprint density at radius 2 is 1.91 bits per heavy atom. The van der Waals surface area contributed by atoms with Crippen molar-refractivity contribution in [3.63, 3.8) is 0 Å². The number of rotatable bonds is 5. The van der Waals surface area contributed by atoms with Gasteiger partial charge in [0.25, 0.3) is 0 Å². The summed E-state index contributed by atoms with van der Waals surface area (Å²) in [6.45, 7) is 4.34. The molecule has 3 aliphatic rings. The van der Waals surface area contributed by atoms with E-state index < -0.39 is 0 Å².